The Hall–Kier alpha value is -2.38. The number of ether oxygens (including phenoxy) is 1. The third kappa shape index (κ3) is 8.48. The number of benzene rings is 1. The second-order valence-electron chi connectivity index (χ2n) is 7.40. The van der Waals surface area contributed by atoms with Crippen LogP contribution in [-0.2, 0) is 25.9 Å². The minimum atomic E-state index is -0.00269. The molecule has 1 aliphatic heterocycles. The molecule has 4 rings (SSSR count). The normalized spacial score (nSPS) is 11.3. The van der Waals surface area contributed by atoms with E-state index >= 15 is 0 Å². The van der Waals surface area contributed by atoms with Gasteiger partial charge in [0.25, 0.3) is 5.91 Å². The van der Waals surface area contributed by atoms with Gasteiger partial charge in [-0.2, -0.15) is 0 Å². The van der Waals surface area contributed by atoms with E-state index in [2.05, 4.69) is 38.8 Å². The number of carbonyl (C=O) groups is 1. The first-order valence-corrected chi connectivity index (χ1v) is 10.4. The average Bonchev–Trinajstić information content (AvgIpc) is 3.16. The Balaban J connectivity index is 0.00000181. The summed E-state index contributed by atoms with van der Waals surface area (Å²) in [5, 5.41) is 6.28. The quantitative estimate of drug-likeness (QED) is 0.396. The molecular weight excluding hydrogens is 483 g/mol. The summed E-state index contributed by atoms with van der Waals surface area (Å²) >= 11 is 0. The number of amides is 1. The number of halogens is 3. The maximum absolute atomic E-state index is 11.6. The summed E-state index contributed by atoms with van der Waals surface area (Å²) in [5.41, 5.74) is 5.33. The zero-order valence-electron chi connectivity index (χ0n) is 18.2. The smallest absolute Gasteiger partial charge is 0.251 e. The van der Waals surface area contributed by atoms with E-state index < -0.39 is 0 Å². The van der Waals surface area contributed by atoms with Crippen molar-refractivity contribution in [2.75, 3.05) is 13.2 Å². The lowest BCUT2D eigenvalue weighted by molar-refractivity contribution is 0.0965. The van der Waals surface area contributed by atoms with Gasteiger partial charge in [0.15, 0.2) is 0 Å². The molecule has 2 N–H and O–H groups in total. The number of nitrogens with one attached hydrogen (secondary N) is 2. The Labute approximate surface area is 213 Å². The van der Waals surface area contributed by atoms with Crippen molar-refractivity contribution in [2.24, 2.45) is 0 Å². The minimum absolute atomic E-state index is 0. The van der Waals surface area contributed by atoms with E-state index in [1.54, 1.807) is 6.20 Å². The standard InChI is InChI=1S/C24H26N4O2.3ClH/c29-24-23-7-6-22(14-20(23)17-28-24)30-12-2-10-26-16-19-8-11-27-21(13-19)5-4-18-3-1-9-25-15-18;;;/h1,3,6-9,11,13-15,26H,2,4-5,10,12,16-17H2,(H,28,29);3*1H. The monoisotopic (exact) mass is 510 g/mol. The predicted molar refractivity (Wildman–Crippen MR) is 137 cm³/mol. The number of pyridine rings is 2. The lowest BCUT2D eigenvalue weighted by Gasteiger charge is -2.09. The molecule has 33 heavy (non-hydrogen) atoms. The highest BCUT2D eigenvalue weighted by molar-refractivity contribution is 5.98. The largest absolute Gasteiger partial charge is 0.494 e. The highest BCUT2D eigenvalue weighted by Gasteiger charge is 2.18. The van der Waals surface area contributed by atoms with Crippen LogP contribution in [0.2, 0.25) is 0 Å². The first kappa shape index (κ1) is 28.7. The number of rotatable bonds is 10. The highest BCUT2D eigenvalue weighted by atomic mass is 35.5. The third-order valence-corrected chi connectivity index (χ3v) is 5.13. The molecule has 1 amide bonds. The summed E-state index contributed by atoms with van der Waals surface area (Å²) in [4.78, 5) is 20.2. The van der Waals surface area contributed by atoms with Crippen LogP contribution in [0.4, 0.5) is 0 Å². The summed E-state index contributed by atoms with van der Waals surface area (Å²) in [6.45, 7) is 2.91. The molecule has 1 aliphatic rings. The Bertz CT molecular complexity index is 1010. The molecule has 6 nitrogen and oxygen atoms in total. The Morgan fingerprint density at radius 2 is 1.88 bits per heavy atom. The van der Waals surface area contributed by atoms with Gasteiger partial charge < -0.3 is 15.4 Å². The van der Waals surface area contributed by atoms with E-state index in [9.17, 15) is 4.79 Å². The number of aromatic nitrogens is 2. The van der Waals surface area contributed by atoms with Crippen molar-refractivity contribution in [3.8, 4) is 5.75 Å². The highest BCUT2D eigenvalue weighted by Crippen LogP contribution is 2.21. The Kier molecular flexibility index (Phi) is 12.8. The van der Waals surface area contributed by atoms with Gasteiger partial charge >= 0.3 is 0 Å². The third-order valence-electron chi connectivity index (χ3n) is 5.13. The molecule has 0 atom stereocenters. The van der Waals surface area contributed by atoms with Crippen LogP contribution in [0.15, 0.2) is 61.1 Å². The van der Waals surface area contributed by atoms with E-state index in [1.807, 2.05) is 36.7 Å². The van der Waals surface area contributed by atoms with Crippen molar-refractivity contribution in [1.82, 2.24) is 20.6 Å². The molecule has 2 aromatic heterocycles. The van der Waals surface area contributed by atoms with E-state index in [0.29, 0.717) is 13.2 Å². The first-order chi connectivity index (χ1) is 14.8. The molecule has 3 heterocycles. The van der Waals surface area contributed by atoms with Crippen molar-refractivity contribution < 1.29 is 9.53 Å². The molecule has 178 valence electrons. The fourth-order valence-electron chi connectivity index (χ4n) is 3.51. The van der Waals surface area contributed by atoms with Crippen molar-refractivity contribution >= 4 is 43.1 Å². The maximum Gasteiger partial charge on any atom is 0.251 e. The van der Waals surface area contributed by atoms with Gasteiger partial charge in [0.05, 0.1) is 6.61 Å². The number of hydrogen-bond acceptors (Lipinski definition) is 5. The molecule has 0 spiro atoms. The predicted octanol–water partition coefficient (Wildman–Crippen LogP) is 4.33. The number of hydrogen-bond donors (Lipinski definition) is 2. The molecule has 0 unspecified atom stereocenters. The first-order valence-electron chi connectivity index (χ1n) is 10.4. The van der Waals surface area contributed by atoms with Crippen LogP contribution >= 0.6 is 37.2 Å². The molecule has 0 saturated heterocycles. The molecule has 0 radical (unpaired) electrons. The summed E-state index contributed by atoms with van der Waals surface area (Å²) in [7, 11) is 0. The van der Waals surface area contributed by atoms with Crippen LogP contribution in [0.25, 0.3) is 0 Å². The van der Waals surface area contributed by atoms with E-state index in [4.69, 9.17) is 4.74 Å². The van der Waals surface area contributed by atoms with Gasteiger partial charge in [-0.3, -0.25) is 14.8 Å². The van der Waals surface area contributed by atoms with Gasteiger partial charge in [0.1, 0.15) is 5.75 Å². The summed E-state index contributed by atoms with van der Waals surface area (Å²) in [5.74, 6) is 0.815. The molecule has 0 aliphatic carbocycles. The molecule has 0 bridgehead atoms. The van der Waals surface area contributed by atoms with Gasteiger partial charge in [-0.25, -0.2) is 0 Å². The van der Waals surface area contributed by atoms with E-state index in [1.165, 1.54) is 11.1 Å². The second-order valence-corrected chi connectivity index (χ2v) is 7.40. The molecule has 9 heteroatoms. The second kappa shape index (κ2) is 14.7. The topological polar surface area (TPSA) is 76.1 Å². The Morgan fingerprint density at radius 1 is 1.00 bits per heavy atom. The Morgan fingerprint density at radius 3 is 2.70 bits per heavy atom. The minimum Gasteiger partial charge on any atom is -0.494 e. The van der Waals surface area contributed by atoms with Crippen LogP contribution in [0.1, 0.15) is 39.2 Å². The van der Waals surface area contributed by atoms with E-state index in [0.717, 1.165) is 54.9 Å². The van der Waals surface area contributed by atoms with Gasteiger partial charge in [0.2, 0.25) is 0 Å². The SMILES string of the molecule is Cl.Cl.Cl.O=C1NCc2cc(OCCCNCc3ccnc(CCc4cccnc4)c3)ccc21. The fourth-order valence-corrected chi connectivity index (χ4v) is 3.51. The summed E-state index contributed by atoms with van der Waals surface area (Å²) in [6.07, 6.45) is 8.35. The lowest BCUT2D eigenvalue weighted by Crippen LogP contribution is -2.17. The van der Waals surface area contributed by atoms with Crippen molar-refractivity contribution in [3.05, 3.63) is 89.0 Å². The zero-order valence-corrected chi connectivity index (χ0v) is 20.6. The van der Waals surface area contributed by atoms with Gasteiger partial charge in [-0.15, -0.1) is 37.2 Å². The number of nitrogens with zero attached hydrogens (tertiary/aromatic N) is 2. The average molecular weight is 512 g/mol. The van der Waals surface area contributed by atoms with Crippen molar-refractivity contribution in [1.29, 1.82) is 0 Å². The molecular formula is C24H29Cl3N4O2. The van der Waals surface area contributed by atoms with Crippen LogP contribution in [0.3, 0.4) is 0 Å². The van der Waals surface area contributed by atoms with E-state index in [-0.39, 0.29) is 43.1 Å². The molecule has 1 aromatic carbocycles. The van der Waals surface area contributed by atoms with Gasteiger partial charge in [0, 0.05) is 42.9 Å². The molecule has 0 saturated carbocycles. The van der Waals surface area contributed by atoms with Gasteiger partial charge in [-0.1, -0.05) is 6.07 Å². The van der Waals surface area contributed by atoms with Gasteiger partial charge in [-0.05, 0) is 78.9 Å². The molecule has 3 aromatic rings. The zero-order chi connectivity index (χ0) is 20.6. The fraction of sp³-hybridized carbons (Fsp3) is 0.292. The van der Waals surface area contributed by atoms with Crippen LogP contribution in [0, 0.1) is 0 Å². The van der Waals surface area contributed by atoms with Crippen LogP contribution in [-0.4, -0.2) is 29.0 Å². The lowest BCUT2D eigenvalue weighted by atomic mass is 10.1. The van der Waals surface area contributed by atoms with Crippen molar-refractivity contribution in [2.45, 2.75) is 32.4 Å². The summed E-state index contributed by atoms with van der Waals surface area (Å²) in [6, 6.07) is 13.9. The van der Waals surface area contributed by atoms with Crippen LogP contribution < -0.4 is 15.4 Å². The number of aryl methyl sites for hydroxylation is 2. The maximum atomic E-state index is 11.6. The number of fused-ring (bicyclic) bond motifs is 1. The number of carbonyl (C=O) groups excluding carboxylic acids is 1. The van der Waals surface area contributed by atoms with Crippen molar-refractivity contribution in [3.63, 3.8) is 0 Å². The van der Waals surface area contributed by atoms with Crippen LogP contribution in [0.5, 0.6) is 5.75 Å². The molecule has 0 fully saturated rings. The summed E-state index contributed by atoms with van der Waals surface area (Å²) < 4.78 is 5.82.